The molecule has 0 radical (unpaired) electrons. The average Bonchev–Trinajstić information content (AvgIpc) is 2.75. The van der Waals surface area contributed by atoms with E-state index < -0.39 is 74.8 Å². The molecule has 0 N–H and O–H groups in total. The quantitative estimate of drug-likeness (QED) is 0.412. The Balaban J connectivity index is 2.61. The van der Waals surface area contributed by atoms with E-state index in [9.17, 15) is 18.6 Å². The molecule has 0 bridgehead atoms. The standard InChI is InChI=1S/C27H40O8S/c1-16-18(33-22(28)25(2,3)4)19(34-23(29)26(5,6)7)20(35-24(30)27(8,9)10)21(32-16)36(31)17-14-12-11-13-15-17/h11-16,18-21H,1-10H3. The highest BCUT2D eigenvalue weighted by atomic mass is 32.2. The molecule has 0 aromatic heterocycles. The van der Waals surface area contributed by atoms with Crippen LogP contribution in [0.2, 0.25) is 0 Å². The molecule has 1 aliphatic heterocycles. The van der Waals surface area contributed by atoms with Crippen molar-refractivity contribution in [2.75, 3.05) is 0 Å². The molecule has 1 aromatic rings. The summed E-state index contributed by atoms with van der Waals surface area (Å²) in [4.78, 5) is 39.3. The van der Waals surface area contributed by atoms with Gasteiger partial charge in [-0.3, -0.25) is 18.6 Å². The van der Waals surface area contributed by atoms with Gasteiger partial charge >= 0.3 is 17.9 Å². The maximum Gasteiger partial charge on any atom is 0.311 e. The summed E-state index contributed by atoms with van der Waals surface area (Å²) in [6.07, 6.45) is -4.44. The number of hydrogen-bond donors (Lipinski definition) is 0. The van der Waals surface area contributed by atoms with E-state index in [0.29, 0.717) is 4.90 Å². The Hall–Kier alpha value is -2.26. The minimum atomic E-state index is -1.80. The number of carbonyl (C=O) groups is 3. The molecule has 1 aliphatic rings. The summed E-state index contributed by atoms with van der Waals surface area (Å²) in [5, 5.41) is 0. The molecule has 0 saturated carbocycles. The van der Waals surface area contributed by atoms with Crippen LogP contribution in [0.15, 0.2) is 35.2 Å². The number of carbonyl (C=O) groups excluding carboxylic acids is 3. The van der Waals surface area contributed by atoms with Crippen molar-refractivity contribution in [3.05, 3.63) is 30.3 Å². The van der Waals surface area contributed by atoms with Gasteiger partial charge in [-0.05, 0) is 81.4 Å². The fourth-order valence-corrected chi connectivity index (χ4v) is 4.58. The summed E-state index contributed by atoms with van der Waals surface area (Å²) in [6.45, 7) is 16.8. The third-order valence-electron chi connectivity index (χ3n) is 5.48. The van der Waals surface area contributed by atoms with E-state index in [1.807, 2.05) is 0 Å². The van der Waals surface area contributed by atoms with Gasteiger partial charge in [-0.2, -0.15) is 0 Å². The first-order valence-corrected chi connectivity index (χ1v) is 13.3. The van der Waals surface area contributed by atoms with Gasteiger partial charge in [0.2, 0.25) is 0 Å². The zero-order valence-corrected chi connectivity index (χ0v) is 23.8. The third kappa shape index (κ3) is 7.38. The fraction of sp³-hybridized carbons (Fsp3) is 0.667. The summed E-state index contributed by atoms with van der Waals surface area (Å²) >= 11 is 0. The van der Waals surface area contributed by atoms with Crippen LogP contribution in [0.1, 0.15) is 69.2 Å². The van der Waals surface area contributed by atoms with E-state index in [0.717, 1.165) is 0 Å². The van der Waals surface area contributed by atoms with Crippen molar-refractivity contribution in [2.45, 2.75) is 104 Å². The largest absolute Gasteiger partial charge is 0.455 e. The van der Waals surface area contributed by atoms with Crippen molar-refractivity contribution in [3.63, 3.8) is 0 Å². The molecule has 0 spiro atoms. The van der Waals surface area contributed by atoms with Gasteiger partial charge in [-0.15, -0.1) is 0 Å². The highest BCUT2D eigenvalue weighted by Crippen LogP contribution is 2.35. The van der Waals surface area contributed by atoms with Crippen LogP contribution in [0, 0.1) is 16.2 Å². The maximum atomic E-state index is 13.6. The highest BCUT2D eigenvalue weighted by molar-refractivity contribution is 7.85. The molecule has 0 aliphatic carbocycles. The molecule has 1 heterocycles. The molecule has 1 saturated heterocycles. The zero-order chi connectivity index (χ0) is 27.6. The Morgan fingerprint density at radius 2 is 1.08 bits per heavy atom. The van der Waals surface area contributed by atoms with Gasteiger partial charge in [0, 0.05) is 4.90 Å². The Bertz CT molecular complexity index is 968. The van der Waals surface area contributed by atoms with E-state index in [1.165, 1.54) is 0 Å². The summed E-state index contributed by atoms with van der Waals surface area (Å²) < 4.78 is 37.3. The molecule has 202 valence electrons. The lowest BCUT2D eigenvalue weighted by atomic mass is 9.94. The number of esters is 3. The van der Waals surface area contributed by atoms with Gasteiger partial charge in [0.15, 0.2) is 23.7 Å². The zero-order valence-electron chi connectivity index (χ0n) is 22.9. The number of rotatable bonds is 5. The molecule has 1 fully saturated rings. The predicted octanol–water partition coefficient (Wildman–Crippen LogP) is 4.41. The Morgan fingerprint density at radius 3 is 1.50 bits per heavy atom. The molecular weight excluding hydrogens is 484 g/mol. The first-order chi connectivity index (χ1) is 16.3. The van der Waals surface area contributed by atoms with Crippen LogP contribution in [-0.2, 0) is 44.1 Å². The highest BCUT2D eigenvalue weighted by Gasteiger charge is 2.54. The fourth-order valence-electron chi connectivity index (χ4n) is 3.16. The molecular formula is C27H40O8S. The average molecular weight is 525 g/mol. The van der Waals surface area contributed by atoms with E-state index in [1.54, 1.807) is 99.6 Å². The van der Waals surface area contributed by atoms with Gasteiger partial charge in [-0.1, -0.05) is 18.2 Å². The van der Waals surface area contributed by atoms with Crippen LogP contribution in [-0.4, -0.2) is 52.0 Å². The first-order valence-electron chi connectivity index (χ1n) is 12.1. The molecule has 36 heavy (non-hydrogen) atoms. The van der Waals surface area contributed by atoms with Crippen LogP contribution < -0.4 is 0 Å². The second-order valence-electron chi connectivity index (χ2n) is 12.2. The molecule has 0 amide bonds. The topological polar surface area (TPSA) is 105 Å². The van der Waals surface area contributed by atoms with Crippen molar-refractivity contribution >= 4 is 28.7 Å². The normalized spacial score (nSPS) is 26.0. The van der Waals surface area contributed by atoms with Gasteiger partial charge in [-0.25, -0.2) is 0 Å². The molecule has 1 aromatic carbocycles. The van der Waals surface area contributed by atoms with E-state index in [2.05, 4.69) is 0 Å². The van der Waals surface area contributed by atoms with Gasteiger partial charge in [0.25, 0.3) is 0 Å². The number of ether oxygens (including phenoxy) is 4. The molecule has 2 rings (SSSR count). The summed E-state index contributed by atoms with van der Waals surface area (Å²) in [5.41, 5.74) is -3.82. The lowest BCUT2D eigenvalue weighted by Gasteiger charge is -2.45. The van der Waals surface area contributed by atoms with Crippen molar-refractivity contribution in [1.82, 2.24) is 0 Å². The minimum Gasteiger partial charge on any atom is -0.455 e. The summed E-state index contributed by atoms with van der Waals surface area (Å²) in [7, 11) is -1.80. The van der Waals surface area contributed by atoms with Crippen LogP contribution in [0.4, 0.5) is 0 Å². The van der Waals surface area contributed by atoms with Crippen molar-refractivity contribution in [1.29, 1.82) is 0 Å². The monoisotopic (exact) mass is 524 g/mol. The Kier molecular flexibility index (Phi) is 9.16. The van der Waals surface area contributed by atoms with E-state index >= 15 is 0 Å². The molecule has 9 heteroatoms. The summed E-state index contributed by atoms with van der Waals surface area (Å²) in [5.74, 6) is -1.72. The molecule has 8 nitrogen and oxygen atoms in total. The van der Waals surface area contributed by atoms with Crippen LogP contribution >= 0.6 is 0 Å². The molecule has 6 atom stereocenters. The van der Waals surface area contributed by atoms with Crippen LogP contribution in [0.5, 0.6) is 0 Å². The lowest BCUT2D eigenvalue weighted by molar-refractivity contribution is -0.238. The maximum absolute atomic E-state index is 13.6. The van der Waals surface area contributed by atoms with Gasteiger partial charge in [0.1, 0.15) is 0 Å². The second kappa shape index (κ2) is 11.0. The van der Waals surface area contributed by atoms with Crippen LogP contribution in [0.25, 0.3) is 0 Å². The Morgan fingerprint density at radius 1 is 0.694 bits per heavy atom. The van der Waals surface area contributed by atoms with E-state index in [4.69, 9.17) is 18.9 Å². The van der Waals surface area contributed by atoms with Crippen LogP contribution in [0.3, 0.4) is 0 Å². The minimum absolute atomic E-state index is 0.456. The van der Waals surface area contributed by atoms with Crippen molar-refractivity contribution in [3.8, 4) is 0 Å². The smallest absolute Gasteiger partial charge is 0.311 e. The Labute approximate surface area is 216 Å². The predicted molar refractivity (Wildman–Crippen MR) is 135 cm³/mol. The van der Waals surface area contributed by atoms with E-state index in [-0.39, 0.29) is 0 Å². The summed E-state index contributed by atoms with van der Waals surface area (Å²) in [6, 6.07) is 8.61. The third-order valence-corrected chi connectivity index (χ3v) is 7.02. The SMILES string of the molecule is CC1OC(S(=O)c2ccccc2)C(OC(=O)C(C)(C)C)C(OC(=O)C(C)(C)C)C1OC(=O)C(C)(C)C. The number of benzene rings is 1. The van der Waals surface area contributed by atoms with Gasteiger partial charge < -0.3 is 18.9 Å². The second-order valence-corrected chi connectivity index (χ2v) is 13.7. The first kappa shape index (κ1) is 30.0. The lowest BCUT2D eigenvalue weighted by Crippen LogP contribution is -2.62. The van der Waals surface area contributed by atoms with Gasteiger partial charge in [0.05, 0.1) is 33.1 Å². The van der Waals surface area contributed by atoms with Crippen molar-refractivity contribution in [2.24, 2.45) is 16.2 Å². The van der Waals surface area contributed by atoms with Crippen molar-refractivity contribution < 1.29 is 37.5 Å². The molecule has 6 unspecified atom stereocenters. The number of hydrogen-bond acceptors (Lipinski definition) is 8.